The van der Waals surface area contributed by atoms with Gasteiger partial charge in [0.15, 0.2) is 0 Å². The number of aryl methyl sites for hydroxylation is 2. The van der Waals surface area contributed by atoms with Crippen molar-refractivity contribution in [2.75, 3.05) is 26.8 Å². The van der Waals surface area contributed by atoms with E-state index in [1.165, 1.54) is 5.56 Å². The summed E-state index contributed by atoms with van der Waals surface area (Å²) in [7, 11) is 1.67. The van der Waals surface area contributed by atoms with Crippen LogP contribution in [0.5, 0.6) is 5.75 Å². The van der Waals surface area contributed by atoms with Gasteiger partial charge in [0.05, 0.1) is 13.7 Å². The van der Waals surface area contributed by atoms with E-state index in [1.807, 2.05) is 12.1 Å². The normalized spacial score (nSPS) is 18.9. The third-order valence-corrected chi connectivity index (χ3v) is 4.39. The molecule has 1 aromatic carbocycles. The molecule has 0 saturated carbocycles. The summed E-state index contributed by atoms with van der Waals surface area (Å²) in [5.74, 6) is 2.18. The van der Waals surface area contributed by atoms with Crippen molar-refractivity contribution in [3.63, 3.8) is 0 Å². The summed E-state index contributed by atoms with van der Waals surface area (Å²) in [6.07, 6.45) is 1.48. The number of methoxy groups -OCH3 is 1. The fourth-order valence-electron chi connectivity index (χ4n) is 2.84. The van der Waals surface area contributed by atoms with Gasteiger partial charge >= 0.3 is 0 Å². The van der Waals surface area contributed by atoms with Gasteiger partial charge in [-0.05, 0) is 38.0 Å². The Bertz CT molecular complexity index is 639. The standard InChI is InChI=1S/C18H25N3O3/c1-13(2)21-10-11-23-16(12-21)18-19-17(24-20-18)9-6-14-4-7-15(22-3)8-5-14/h4-5,7-8,13,16H,6,9-12H2,1-3H3. The van der Waals surface area contributed by atoms with Crippen LogP contribution in [0.15, 0.2) is 28.8 Å². The van der Waals surface area contributed by atoms with Crippen molar-refractivity contribution < 1.29 is 14.0 Å². The molecule has 24 heavy (non-hydrogen) atoms. The molecule has 0 spiro atoms. The van der Waals surface area contributed by atoms with Gasteiger partial charge in [0.2, 0.25) is 11.7 Å². The molecule has 2 aromatic rings. The summed E-state index contributed by atoms with van der Waals surface area (Å²) >= 11 is 0. The van der Waals surface area contributed by atoms with E-state index in [0.717, 1.165) is 31.7 Å². The summed E-state index contributed by atoms with van der Waals surface area (Å²) in [6, 6.07) is 8.54. The molecule has 1 aliphatic rings. The van der Waals surface area contributed by atoms with Crippen LogP contribution >= 0.6 is 0 Å². The monoisotopic (exact) mass is 331 g/mol. The van der Waals surface area contributed by atoms with Crippen LogP contribution < -0.4 is 4.74 Å². The summed E-state index contributed by atoms with van der Waals surface area (Å²) in [5.41, 5.74) is 1.22. The van der Waals surface area contributed by atoms with Crippen LogP contribution in [0.25, 0.3) is 0 Å². The molecule has 0 N–H and O–H groups in total. The predicted octanol–water partition coefficient (Wildman–Crippen LogP) is 2.65. The number of nitrogens with zero attached hydrogens (tertiary/aromatic N) is 3. The molecule has 0 radical (unpaired) electrons. The molecule has 1 aromatic heterocycles. The van der Waals surface area contributed by atoms with Gasteiger partial charge in [-0.25, -0.2) is 0 Å². The summed E-state index contributed by atoms with van der Waals surface area (Å²) in [6.45, 7) is 6.86. The maximum atomic E-state index is 5.81. The van der Waals surface area contributed by atoms with Gasteiger partial charge in [0.1, 0.15) is 11.9 Å². The average molecular weight is 331 g/mol. The lowest BCUT2D eigenvalue weighted by Crippen LogP contribution is -2.42. The minimum Gasteiger partial charge on any atom is -0.497 e. The summed E-state index contributed by atoms with van der Waals surface area (Å²) < 4.78 is 16.4. The highest BCUT2D eigenvalue weighted by molar-refractivity contribution is 5.27. The van der Waals surface area contributed by atoms with Gasteiger partial charge in [-0.2, -0.15) is 4.98 Å². The van der Waals surface area contributed by atoms with Crippen molar-refractivity contribution in [2.24, 2.45) is 0 Å². The Balaban J connectivity index is 1.56. The molecule has 1 aliphatic heterocycles. The fraction of sp³-hybridized carbons (Fsp3) is 0.556. The Morgan fingerprint density at radius 1 is 1.25 bits per heavy atom. The van der Waals surface area contributed by atoms with E-state index in [4.69, 9.17) is 14.0 Å². The fourth-order valence-corrected chi connectivity index (χ4v) is 2.84. The van der Waals surface area contributed by atoms with Gasteiger partial charge in [0.25, 0.3) is 0 Å². The molecule has 0 aliphatic carbocycles. The Morgan fingerprint density at radius 3 is 2.75 bits per heavy atom. The highest BCUT2D eigenvalue weighted by Crippen LogP contribution is 2.21. The smallest absolute Gasteiger partial charge is 0.227 e. The van der Waals surface area contributed by atoms with Gasteiger partial charge in [-0.1, -0.05) is 17.3 Å². The van der Waals surface area contributed by atoms with Crippen molar-refractivity contribution >= 4 is 0 Å². The number of hydrogen-bond acceptors (Lipinski definition) is 6. The number of aromatic nitrogens is 2. The molecule has 2 heterocycles. The number of hydrogen-bond donors (Lipinski definition) is 0. The van der Waals surface area contributed by atoms with Crippen molar-refractivity contribution in [2.45, 2.75) is 38.8 Å². The lowest BCUT2D eigenvalue weighted by Gasteiger charge is -2.34. The van der Waals surface area contributed by atoms with Crippen molar-refractivity contribution in [1.82, 2.24) is 15.0 Å². The zero-order valence-corrected chi connectivity index (χ0v) is 14.6. The molecule has 130 valence electrons. The van der Waals surface area contributed by atoms with Crippen LogP contribution in [0.2, 0.25) is 0 Å². The Kier molecular flexibility index (Phi) is 5.48. The van der Waals surface area contributed by atoms with Crippen LogP contribution in [0.3, 0.4) is 0 Å². The largest absolute Gasteiger partial charge is 0.497 e. The Hall–Kier alpha value is -1.92. The second-order valence-electron chi connectivity index (χ2n) is 6.34. The number of morpholine rings is 1. The molecule has 1 fully saturated rings. The van der Waals surface area contributed by atoms with E-state index in [9.17, 15) is 0 Å². The molecular weight excluding hydrogens is 306 g/mol. The maximum absolute atomic E-state index is 5.81. The molecule has 3 rings (SSSR count). The lowest BCUT2D eigenvalue weighted by molar-refractivity contribution is -0.0450. The second kappa shape index (κ2) is 7.77. The van der Waals surface area contributed by atoms with E-state index in [-0.39, 0.29) is 6.10 Å². The second-order valence-corrected chi connectivity index (χ2v) is 6.34. The molecule has 1 atom stereocenters. The third kappa shape index (κ3) is 4.13. The van der Waals surface area contributed by atoms with Gasteiger partial charge < -0.3 is 14.0 Å². The predicted molar refractivity (Wildman–Crippen MR) is 90.1 cm³/mol. The average Bonchev–Trinajstić information content (AvgIpc) is 3.09. The highest BCUT2D eigenvalue weighted by atomic mass is 16.5. The first-order valence-corrected chi connectivity index (χ1v) is 8.47. The van der Waals surface area contributed by atoms with Crippen LogP contribution in [-0.4, -0.2) is 47.9 Å². The van der Waals surface area contributed by atoms with Crippen LogP contribution in [-0.2, 0) is 17.6 Å². The van der Waals surface area contributed by atoms with Gasteiger partial charge in [-0.15, -0.1) is 0 Å². The molecule has 6 nitrogen and oxygen atoms in total. The third-order valence-electron chi connectivity index (χ3n) is 4.39. The topological polar surface area (TPSA) is 60.6 Å². The minimum absolute atomic E-state index is 0.0976. The number of ether oxygens (including phenoxy) is 2. The zero-order chi connectivity index (χ0) is 16.9. The van der Waals surface area contributed by atoms with Crippen molar-refractivity contribution in [1.29, 1.82) is 0 Å². The quantitative estimate of drug-likeness (QED) is 0.811. The molecule has 6 heteroatoms. The molecule has 1 unspecified atom stereocenters. The zero-order valence-electron chi connectivity index (χ0n) is 14.6. The Labute approximate surface area is 142 Å². The van der Waals surface area contributed by atoms with Crippen LogP contribution in [0.1, 0.15) is 37.2 Å². The molecule has 0 amide bonds. The van der Waals surface area contributed by atoms with E-state index in [0.29, 0.717) is 24.4 Å². The lowest BCUT2D eigenvalue weighted by atomic mass is 10.1. The van der Waals surface area contributed by atoms with Crippen molar-refractivity contribution in [3.05, 3.63) is 41.5 Å². The first kappa shape index (κ1) is 16.9. The number of rotatable bonds is 6. The molecule has 1 saturated heterocycles. The first-order chi connectivity index (χ1) is 11.7. The maximum Gasteiger partial charge on any atom is 0.227 e. The number of benzene rings is 1. The van der Waals surface area contributed by atoms with E-state index >= 15 is 0 Å². The summed E-state index contributed by atoms with van der Waals surface area (Å²) in [5, 5.41) is 4.12. The van der Waals surface area contributed by atoms with E-state index in [2.05, 4.69) is 41.0 Å². The van der Waals surface area contributed by atoms with E-state index < -0.39 is 0 Å². The van der Waals surface area contributed by atoms with E-state index in [1.54, 1.807) is 7.11 Å². The minimum atomic E-state index is -0.0976. The van der Waals surface area contributed by atoms with Crippen molar-refractivity contribution in [3.8, 4) is 5.75 Å². The van der Waals surface area contributed by atoms with Crippen LogP contribution in [0.4, 0.5) is 0 Å². The highest BCUT2D eigenvalue weighted by Gasteiger charge is 2.27. The van der Waals surface area contributed by atoms with Crippen LogP contribution in [0, 0.1) is 0 Å². The van der Waals surface area contributed by atoms with Gasteiger partial charge in [0, 0.05) is 25.6 Å². The SMILES string of the molecule is COc1ccc(CCc2nc(C3CN(C(C)C)CCO3)no2)cc1. The summed E-state index contributed by atoms with van der Waals surface area (Å²) in [4.78, 5) is 6.90. The van der Waals surface area contributed by atoms with Gasteiger partial charge in [-0.3, -0.25) is 4.90 Å². The Morgan fingerprint density at radius 2 is 2.04 bits per heavy atom. The first-order valence-electron chi connectivity index (χ1n) is 8.47. The molecular formula is C18H25N3O3. The molecule has 0 bridgehead atoms.